The lowest BCUT2D eigenvalue weighted by atomic mass is 10.0. The van der Waals surface area contributed by atoms with Gasteiger partial charge >= 0.3 is 0 Å². The third-order valence-electron chi connectivity index (χ3n) is 3.13. The van der Waals surface area contributed by atoms with Gasteiger partial charge in [-0.25, -0.2) is 0 Å². The number of aromatic amines is 1. The quantitative estimate of drug-likeness (QED) is 0.721. The van der Waals surface area contributed by atoms with Crippen LogP contribution in [0.3, 0.4) is 0 Å². The highest BCUT2D eigenvalue weighted by molar-refractivity contribution is 5.95. The number of aliphatic hydroxyl groups excluding tert-OH is 1. The molecule has 0 aliphatic rings. The van der Waals surface area contributed by atoms with Gasteiger partial charge in [-0.2, -0.15) is 0 Å². The van der Waals surface area contributed by atoms with Crippen LogP contribution in [0.5, 0.6) is 0 Å². The van der Waals surface area contributed by atoms with Gasteiger partial charge in [-0.15, -0.1) is 0 Å². The molecule has 1 aromatic carbocycles. The Labute approximate surface area is 105 Å². The molecular formula is C15H14N2O. The summed E-state index contributed by atoms with van der Waals surface area (Å²) in [5.41, 5.74) is 5.27. The Morgan fingerprint density at radius 3 is 2.94 bits per heavy atom. The van der Waals surface area contributed by atoms with Crippen molar-refractivity contribution in [2.24, 2.45) is 0 Å². The van der Waals surface area contributed by atoms with Crippen molar-refractivity contribution in [3.05, 3.63) is 54.0 Å². The second kappa shape index (κ2) is 4.27. The van der Waals surface area contributed by atoms with Gasteiger partial charge < -0.3 is 10.1 Å². The molecule has 3 heteroatoms. The molecule has 18 heavy (non-hydrogen) atoms. The van der Waals surface area contributed by atoms with Gasteiger partial charge in [0, 0.05) is 28.9 Å². The van der Waals surface area contributed by atoms with E-state index in [9.17, 15) is 0 Å². The Balaban J connectivity index is 2.21. The summed E-state index contributed by atoms with van der Waals surface area (Å²) >= 11 is 0. The molecule has 2 heterocycles. The summed E-state index contributed by atoms with van der Waals surface area (Å²) in [6, 6.07) is 10.2. The predicted octanol–water partition coefficient (Wildman–Crippen LogP) is 3.03. The van der Waals surface area contributed by atoms with Crippen LogP contribution in [0.2, 0.25) is 0 Å². The summed E-state index contributed by atoms with van der Waals surface area (Å²) in [5.74, 6) is 0. The number of hydrogen-bond acceptors (Lipinski definition) is 2. The monoisotopic (exact) mass is 238 g/mol. The second-order valence-corrected chi connectivity index (χ2v) is 4.45. The van der Waals surface area contributed by atoms with E-state index in [4.69, 9.17) is 5.11 Å². The number of pyridine rings is 1. The lowest BCUT2D eigenvalue weighted by molar-refractivity contribution is 0.277. The van der Waals surface area contributed by atoms with Gasteiger partial charge in [-0.1, -0.05) is 11.6 Å². The molecule has 0 radical (unpaired) electrons. The number of aromatic nitrogens is 2. The first-order chi connectivity index (χ1) is 8.78. The predicted molar refractivity (Wildman–Crippen MR) is 72.2 cm³/mol. The topological polar surface area (TPSA) is 48.9 Å². The number of fused-ring (bicyclic) bond motifs is 1. The minimum atomic E-state index is -0.0325. The smallest absolute Gasteiger partial charge is 0.0853 e. The number of aryl methyl sites for hydroxylation is 1. The molecule has 0 atom stereocenters. The first-order valence-electron chi connectivity index (χ1n) is 5.92. The molecule has 3 rings (SSSR count). The van der Waals surface area contributed by atoms with E-state index in [0.717, 1.165) is 16.6 Å². The number of nitrogens with one attached hydrogen (secondary N) is 1. The van der Waals surface area contributed by atoms with E-state index in [-0.39, 0.29) is 6.61 Å². The molecule has 0 unspecified atom stereocenters. The largest absolute Gasteiger partial charge is 0.390 e. The molecule has 0 saturated carbocycles. The average Bonchev–Trinajstić information content (AvgIpc) is 2.81. The molecule has 0 spiro atoms. The first kappa shape index (κ1) is 11.0. The number of aliphatic hydroxyl groups is 1. The van der Waals surface area contributed by atoms with E-state index in [2.05, 4.69) is 35.1 Å². The molecule has 0 saturated heterocycles. The van der Waals surface area contributed by atoms with Crippen LogP contribution in [0, 0.1) is 6.92 Å². The Hall–Kier alpha value is -2.13. The third kappa shape index (κ3) is 1.79. The van der Waals surface area contributed by atoms with Gasteiger partial charge in [0.25, 0.3) is 0 Å². The average molecular weight is 238 g/mol. The van der Waals surface area contributed by atoms with Crippen molar-refractivity contribution in [2.75, 3.05) is 0 Å². The summed E-state index contributed by atoms with van der Waals surface area (Å²) in [5, 5.41) is 10.3. The normalized spacial score (nSPS) is 11.0. The molecule has 2 N–H and O–H groups in total. The number of rotatable bonds is 2. The highest BCUT2D eigenvalue weighted by Crippen LogP contribution is 2.29. The standard InChI is InChI=1S/C15H14N2O/c1-10-2-3-15-13(6-10)14(8-17-15)11-4-5-16-12(7-11)9-18/h2-8,17-18H,9H2,1H3. The zero-order valence-electron chi connectivity index (χ0n) is 10.1. The maximum absolute atomic E-state index is 9.15. The van der Waals surface area contributed by atoms with Crippen LogP contribution in [0.25, 0.3) is 22.0 Å². The molecule has 0 aliphatic carbocycles. The minimum Gasteiger partial charge on any atom is -0.390 e. The lowest BCUT2D eigenvalue weighted by Gasteiger charge is -2.02. The van der Waals surface area contributed by atoms with Gasteiger partial charge in [-0.05, 0) is 36.8 Å². The zero-order valence-corrected chi connectivity index (χ0v) is 10.1. The van der Waals surface area contributed by atoms with E-state index >= 15 is 0 Å². The molecule has 2 aromatic heterocycles. The van der Waals surface area contributed by atoms with Crippen molar-refractivity contribution in [3.8, 4) is 11.1 Å². The van der Waals surface area contributed by atoms with E-state index < -0.39 is 0 Å². The van der Waals surface area contributed by atoms with Crippen LogP contribution in [-0.4, -0.2) is 15.1 Å². The van der Waals surface area contributed by atoms with Crippen LogP contribution in [0.15, 0.2) is 42.7 Å². The highest BCUT2D eigenvalue weighted by Gasteiger charge is 2.07. The summed E-state index contributed by atoms with van der Waals surface area (Å²) in [6.45, 7) is 2.05. The molecule has 90 valence electrons. The van der Waals surface area contributed by atoms with Crippen LogP contribution in [-0.2, 0) is 6.61 Å². The molecule has 3 aromatic rings. The Morgan fingerprint density at radius 2 is 2.11 bits per heavy atom. The van der Waals surface area contributed by atoms with Gasteiger partial charge in [0.05, 0.1) is 12.3 Å². The van der Waals surface area contributed by atoms with Crippen LogP contribution >= 0.6 is 0 Å². The number of nitrogens with zero attached hydrogens (tertiary/aromatic N) is 1. The van der Waals surface area contributed by atoms with Crippen molar-refractivity contribution in [1.29, 1.82) is 0 Å². The minimum absolute atomic E-state index is 0.0325. The fourth-order valence-corrected chi connectivity index (χ4v) is 2.21. The summed E-state index contributed by atoms with van der Waals surface area (Å²) < 4.78 is 0. The maximum Gasteiger partial charge on any atom is 0.0853 e. The molecule has 3 nitrogen and oxygen atoms in total. The van der Waals surface area contributed by atoms with Crippen molar-refractivity contribution >= 4 is 10.9 Å². The van der Waals surface area contributed by atoms with Gasteiger partial charge in [0.1, 0.15) is 0 Å². The summed E-state index contributed by atoms with van der Waals surface area (Å²) in [6.07, 6.45) is 3.73. The van der Waals surface area contributed by atoms with E-state index in [0.29, 0.717) is 5.69 Å². The summed E-state index contributed by atoms with van der Waals surface area (Å²) in [7, 11) is 0. The molecule has 0 amide bonds. The number of H-pyrrole nitrogens is 1. The van der Waals surface area contributed by atoms with Gasteiger partial charge in [0.2, 0.25) is 0 Å². The molecule has 0 bridgehead atoms. The van der Waals surface area contributed by atoms with Gasteiger partial charge in [0.15, 0.2) is 0 Å². The van der Waals surface area contributed by atoms with E-state index in [1.165, 1.54) is 10.9 Å². The van der Waals surface area contributed by atoms with Crippen LogP contribution in [0.4, 0.5) is 0 Å². The molecule has 0 fully saturated rings. The fraction of sp³-hybridized carbons (Fsp3) is 0.133. The first-order valence-corrected chi connectivity index (χ1v) is 5.92. The van der Waals surface area contributed by atoms with Crippen molar-refractivity contribution in [3.63, 3.8) is 0 Å². The zero-order chi connectivity index (χ0) is 12.5. The Morgan fingerprint density at radius 1 is 1.22 bits per heavy atom. The second-order valence-electron chi connectivity index (χ2n) is 4.45. The summed E-state index contributed by atoms with van der Waals surface area (Å²) in [4.78, 5) is 7.37. The molecular weight excluding hydrogens is 224 g/mol. The number of hydrogen-bond donors (Lipinski definition) is 2. The third-order valence-corrected chi connectivity index (χ3v) is 3.13. The van der Waals surface area contributed by atoms with Gasteiger partial charge in [-0.3, -0.25) is 4.98 Å². The van der Waals surface area contributed by atoms with Crippen LogP contribution in [0.1, 0.15) is 11.3 Å². The number of benzene rings is 1. The highest BCUT2D eigenvalue weighted by atomic mass is 16.3. The van der Waals surface area contributed by atoms with E-state index in [1.807, 2.05) is 18.3 Å². The maximum atomic E-state index is 9.15. The van der Waals surface area contributed by atoms with E-state index in [1.54, 1.807) is 6.20 Å². The fourth-order valence-electron chi connectivity index (χ4n) is 2.21. The molecule has 0 aliphatic heterocycles. The lowest BCUT2D eigenvalue weighted by Crippen LogP contribution is -1.88. The Kier molecular flexibility index (Phi) is 2.61. The Bertz CT molecular complexity index is 701. The van der Waals surface area contributed by atoms with Crippen molar-refractivity contribution < 1.29 is 5.11 Å². The van der Waals surface area contributed by atoms with Crippen molar-refractivity contribution in [1.82, 2.24) is 9.97 Å². The SMILES string of the molecule is Cc1ccc2[nH]cc(-c3ccnc(CO)c3)c2c1. The van der Waals surface area contributed by atoms with Crippen molar-refractivity contribution in [2.45, 2.75) is 13.5 Å². The van der Waals surface area contributed by atoms with Crippen LogP contribution < -0.4 is 0 Å².